The number of rotatable bonds is 5. The molecule has 1 amide bonds. The molecule has 3 rings (SSSR count). The summed E-state index contributed by atoms with van der Waals surface area (Å²) in [6.45, 7) is 2.59. The predicted molar refractivity (Wildman–Crippen MR) is 102 cm³/mol. The fourth-order valence-electron chi connectivity index (χ4n) is 3.24. The van der Waals surface area contributed by atoms with E-state index in [1.54, 1.807) is 6.07 Å². The van der Waals surface area contributed by atoms with Crippen LogP contribution in [0.25, 0.3) is 11.3 Å². The van der Waals surface area contributed by atoms with Crippen LogP contribution in [0.15, 0.2) is 34.8 Å². The number of likely N-dealkylation sites (tertiary alicyclic amines) is 1. The Hall–Kier alpha value is -2.15. The minimum absolute atomic E-state index is 0.127. The number of esters is 1. The zero-order chi connectivity index (χ0) is 18.5. The summed E-state index contributed by atoms with van der Waals surface area (Å²) in [4.78, 5) is 26.4. The molecule has 0 bridgehead atoms. The van der Waals surface area contributed by atoms with E-state index >= 15 is 0 Å². The number of hydrogen-bond donors (Lipinski definition) is 1. The molecule has 1 aromatic heterocycles. The number of carbonyl (C=O) groups is 2. The zero-order valence-electron chi connectivity index (χ0n) is 14.7. The van der Waals surface area contributed by atoms with E-state index in [1.807, 2.05) is 29.2 Å². The van der Waals surface area contributed by atoms with Crippen LogP contribution >= 0.6 is 15.9 Å². The monoisotopic (exact) mass is 419 g/mol. The van der Waals surface area contributed by atoms with Crippen molar-refractivity contribution in [3.05, 3.63) is 40.5 Å². The summed E-state index contributed by atoms with van der Waals surface area (Å²) in [5.41, 5.74) is 1.78. The van der Waals surface area contributed by atoms with Crippen molar-refractivity contribution in [1.82, 2.24) is 15.1 Å². The summed E-state index contributed by atoms with van der Waals surface area (Å²) < 4.78 is 6.17. The van der Waals surface area contributed by atoms with Crippen molar-refractivity contribution in [3.63, 3.8) is 0 Å². The van der Waals surface area contributed by atoms with E-state index in [1.165, 1.54) is 0 Å². The number of ether oxygens (including phenoxy) is 1. The van der Waals surface area contributed by atoms with Crippen molar-refractivity contribution < 1.29 is 14.3 Å². The first kappa shape index (κ1) is 18.6. The molecule has 2 aromatic rings. The van der Waals surface area contributed by atoms with Crippen LogP contribution in [0.3, 0.4) is 0 Å². The molecule has 1 atom stereocenters. The first-order valence-electron chi connectivity index (χ1n) is 8.86. The Bertz CT molecular complexity index is 773. The lowest BCUT2D eigenvalue weighted by atomic mass is 10.00. The van der Waals surface area contributed by atoms with E-state index in [0.29, 0.717) is 5.69 Å². The summed E-state index contributed by atoms with van der Waals surface area (Å²) in [5.74, 6) is -0.697. The Labute approximate surface area is 161 Å². The molecule has 138 valence electrons. The highest BCUT2D eigenvalue weighted by Crippen LogP contribution is 2.21. The van der Waals surface area contributed by atoms with E-state index in [4.69, 9.17) is 4.74 Å². The van der Waals surface area contributed by atoms with Crippen molar-refractivity contribution in [2.45, 2.75) is 38.6 Å². The van der Waals surface area contributed by atoms with Gasteiger partial charge in [0.1, 0.15) is 5.69 Å². The standard InChI is InChI=1S/C19H22BrN3O3/c1-2-15-5-3-4-10-23(15)18(24)12-26-19(25)17-11-16(21-22-17)13-6-8-14(20)9-7-13/h6-9,11,15H,2-5,10,12H2,1H3,(H,21,22). The topological polar surface area (TPSA) is 75.3 Å². The predicted octanol–water partition coefficient (Wildman–Crippen LogP) is 3.79. The fraction of sp³-hybridized carbons (Fsp3) is 0.421. The van der Waals surface area contributed by atoms with E-state index in [2.05, 4.69) is 33.1 Å². The Balaban J connectivity index is 1.58. The van der Waals surface area contributed by atoms with Crippen molar-refractivity contribution >= 4 is 27.8 Å². The number of piperidine rings is 1. The van der Waals surface area contributed by atoms with Gasteiger partial charge >= 0.3 is 5.97 Å². The molecule has 0 spiro atoms. The molecule has 0 radical (unpaired) electrons. The molecule has 1 fully saturated rings. The summed E-state index contributed by atoms with van der Waals surface area (Å²) in [6.07, 6.45) is 4.10. The van der Waals surface area contributed by atoms with Crippen LogP contribution in [0.2, 0.25) is 0 Å². The van der Waals surface area contributed by atoms with Gasteiger partial charge in [-0.05, 0) is 43.9 Å². The SMILES string of the molecule is CCC1CCCCN1C(=O)COC(=O)c1cc(-c2ccc(Br)cc2)n[nH]1. The second-order valence-corrected chi connectivity index (χ2v) is 7.31. The van der Waals surface area contributed by atoms with Gasteiger partial charge in [-0.15, -0.1) is 0 Å². The van der Waals surface area contributed by atoms with Crippen molar-refractivity contribution in [2.75, 3.05) is 13.2 Å². The number of carbonyl (C=O) groups excluding carboxylic acids is 2. The highest BCUT2D eigenvalue weighted by Gasteiger charge is 2.26. The quantitative estimate of drug-likeness (QED) is 0.747. The highest BCUT2D eigenvalue weighted by atomic mass is 79.9. The molecule has 6 nitrogen and oxygen atoms in total. The van der Waals surface area contributed by atoms with Gasteiger partial charge in [0.15, 0.2) is 6.61 Å². The largest absolute Gasteiger partial charge is 0.451 e. The van der Waals surface area contributed by atoms with E-state index < -0.39 is 5.97 Å². The van der Waals surface area contributed by atoms with E-state index in [0.717, 1.165) is 42.3 Å². The number of hydrogen-bond acceptors (Lipinski definition) is 4. The normalized spacial score (nSPS) is 17.2. The summed E-state index contributed by atoms with van der Waals surface area (Å²) in [5, 5.41) is 6.82. The first-order chi connectivity index (χ1) is 12.6. The van der Waals surface area contributed by atoms with Gasteiger partial charge in [0.05, 0.1) is 5.69 Å². The molecule has 26 heavy (non-hydrogen) atoms. The van der Waals surface area contributed by atoms with E-state index in [-0.39, 0.29) is 24.2 Å². The average molecular weight is 420 g/mol. The number of nitrogens with zero attached hydrogens (tertiary/aromatic N) is 2. The molecule has 1 aromatic carbocycles. The van der Waals surface area contributed by atoms with Crippen LogP contribution in [0.4, 0.5) is 0 Å². The molecule has 0 saturated carbocycles. The fourth-order valence-corrected chi connectivity index (χ4v) is 3.50. The Morgan fingerprint density at radius 3 is 2.81 bits per heavy atom. The van der Waals surface area contributed by atoms with Gasteiger partial charge in [0.2, 0.25) is 0 Å². The first-order valence-corrected chi connectivity index (χ1v) is 9.65. The van der Waals surface area contributed by atoms with Crippen molar-refractivity contribution in [3.8, 4) is 11.3 Å². The van der Waals surface area contributed by atoms with Gasteiger partial charge in [0.25, 0.3) is 5.91 Å². The summed E-state index contributed by atoms with van der Waals surface area (Å²) in [7, 11) is 0. The van der Waals surface area contributed by atoms with Crippen LogP contribution in [-0.4, -0.2) is 46.2 Å². The molecule has 0 aliphatic carbocycles. The van der Waals surface area contributed by atoms with Crippen molar-refractivity contribution in [2.24, 2.45) is 0 Å². The molecular formula is C19H22BrN3O3. The minimum atomic E-state index is -0.570. The maximum atomic E-state index is 12.4. The molecule has 1 aliphatic heterocycles. The third kappa shape index (κ3) is 4.33. The molecule has 1 unspecified atom stereocenters. The second-order valence-electron chi connectivity index (χ2n) is 6.39. The lowest BCUT2D eigenvalue weighted by molar-refractivity contribution is -0.138. The maximum Gasteiger partial charge on any atom is 0.356 e. The van der Waals surface area contributed by atoms with Crippen LogP contribution in [-0.2, 0) is 9.53 Å². The number of halogens is 1. The van der Waals surface area contributed by atoms with Gasteiger partial charge in [-0.25, -0.2) is 4.79 Å². The highest BCUT2D eigenvalue weighted by molar-refractivity contribution is 9.10. The van der Waals surface area contributed by atoms with Gasteiger partial charge in [-0.3, -0.25) is 9.89 Å². The molecule has 1 aliphatic rings. The number of aromatic nitrogens is 2. The number of aromatic amines is 1. The van der Waals surface area contributed by atoms with Crippen molar-refractivity contribution in [1.29, 1.82) is 0 Å². The minimum Gasteiger partial charge on any atom is -0.451 e. The molecule has 1 N–H and O–H groups in total. The Kier molecular flexibility index (Phi) is 6.08. The van der Waals surface area contributed by atoms with Gasteiger partial charge < -0.3 is 9.64 Å². The van der Waals surface area contributed by atoms with Crippen LogP contribution in [0.5, 0.6) is 0 Å². The van der Waals surface area contributed by atoms with Crippen LogP contribution in [0, 0.1) is 0 Å². The molecule has 7 heteroatoms. The third-order valence-corrected chi connectivity index (χ3v) is 5.21. The maximum absolute atomic E-state index is 12.4. The third-order valence-electron chi connectivity index (χ3n) is 4.68. The van der Waals surface area contributed by atoms with Gasteiger partial charge in [-0.2, -0.15) is 5.10 Å². The zero-order valence-corrected chi connectivity index (χ0v) is 16.3. The molecule has 1 saturated heterocycles. The molecular weight excluding hydrogens is 398 g/mol. The lowest BCUT2D eigenvalue weighted by Gasteiger charge is -2.35. The summed E-state index contributed by atoms with van der Waals surface area (Å²) in [6, 6.07) is 9.50. The number of H-pyrrole nitrogens is 1. The van der Waals surface area contributed by atoms with Crippen LogP contribution in [0.1, 0.15) is 43.1 Å². The number of amides is 1. The lowest BCUT2D eigenvalue weighted by Crippen LogP contribution is -2.45. The van der Waals surface area contributed by atoms with Gasteiger partial charge in [0, 0.05) is 22.6 Å². The number of benzene rings is 1. The molecule has 2 heterocycles. The van der Waals surface area contributed by atoms with E-state index in [9.17, 15) is 9.59 Å². The number of nitrogens with one attached hydrogen (secondary N) is 1. The average Bonchev–Trinajstić information content (AvgIpc) is 3.16. The summed E-state index contributed by atoms with van der Waals surface area (Å²) >= 11 is 3.38. The van der Waals surface area contributed by atoms with Gasteiger partial charge in [-0.1, -0.05) is 35.0 Å². The Morgan fingerprint density at radius 2 is 2.08 bits per heavy atom. The Morgan fingerprint density at radius 1 is 1.31 bits per heavy atom. The van der Waals surface area contributed by atoms with Crippen LogP contribution < -0.4 is 0 Å². The smallest absolute Gasteiger partial charge is 0.356 e. The second kappa shape index (κ2) is 8.49.